The summed E-state index contributed by atoms with van der Waals surface area (Å²) in [5, 5.41) is -0.000313. The van der Waals surface area contributed by atoms with Gasteiger partial charge in [-0.1, -0.05) is 29.8 Å². The highest BCUT2D eigenvalue weighted by molar-refractivity contribution is 8.18. The molecule has 0 saturated carbocycles. The molecular formula is C27H24ClNO7S2. The van der Waals surface area contributed by atoms with Gasteiger partial charge in [0.2, 0.25) is 0 Å². The number of halogens is 1. The van der Waals surface area contributed by atoms with Gasteiger partial charge in [0.15, 0.2) is 11.5 Å². The summed E-state index contributed by atoms with van der Waals surface area (Å²) in [6.07, 6.45) is 1.55. The monoisotopic (exact) mass is 573 g/mol. The van der Waals surface area contributed by atoms with Gasteiger partial charge in [-0.2, -0.15) is 8.42 Å². The number of carbonyl (C=O) groups excluding carboxylic acids is 2. The van der Waals surface area contributed by atoms with E-state index in [-0.39, 0.29) is 41.1 Å². The summed E-state index contributed by atoms with van der Waals surface area (Å²) in [5.41, 5.74) is 1.58. The molecule has 1 fully saturated rings. The van der Waals surface area contributed by atoms with Gasteiger partial charge in [0, 0.05) is 5.02 Å². The van der Waals surface area contributed by atoms with Crippen LogP contribution in [0.15, 0.2) is 76.5 Å². The maximum absolute atomic E-state index is 12.9. The van der Waals surface area contributed by atoms with Crippen LogP contribution in [-0.4, -0.2) is 44.2 Å². The van der Waals surface area contributed by atoms with E-state index in [1.165, 1.54) is 30.3 Å². The van der Waals surface area contributed by atoms with E-state index in [0.29, 0.717) is 16.3 Å². The summed E-state index contributed by atoms with van der Waals surface area (Å²) >= 11 is 6.66. The average Bonchev–Trinajstić information content (AvgIpc) is 3.13. The second kappa shape index (κ2) is 11.9. The van der Waals surface area contributed by atoms with Crippen LogP contribution in [0.4, 0.5) is 4.79 Å². The Bertz CT molecular complexity index is 1490. The fourth-order valence-electron chi connectivity index (χ4n) is 3.52. The lowest BCUT2D eigenvalue weighted by molar-refractivity contribution is -0.123. The number of rotatable bonds is 10. The molecule has 0 spiro atoms. The molecule has 11 heteroatoms. The summed E-state index contributed by atoms with van der Waals surface area (Å²) in [4.78, 5) is 26.6. The second-order valence-corrected chi connectivity index (χ2v) is 11.1. The molecule has 0 unspecified atom stereocenters. The summed E-state index contributed by atoms with van der Waals surface area (Å²) in [6, 6.07) is 17.6. The summed E-state index contributed by atoms with van der Waals surface area (Å²) in [5.74, 6) is 0.387. The van der Waals surface area contributed by atoms with E-state index in [9.17, 15) is 18.0 Å². The molecule has 1 aliphatic rings. The van der Waals surface area contributed by atoms with Crippen molar-refractivity contribution in [3.8, 4) is 17.2 Å². The number of hydrogen-bond acceptors (Lipinski definition) is 8. The molecule has 0 bridgehead atoms. The van der Waals surface area contributed by atoms with Crippen molar-refractivity contribution < 1.29 is 31.7 Å². The Morgan fingerprint density at radius 2 is 1.74 bits per heavy atom. The molecular weight excluding hydrogens is 550 g/mol. The van der Waals surface area contributed by atoms with Crippen molar-refractivity contribution in [3.05, 3.63) is 87.8 Å². The zero-order chi connectivity index (χ0) is 27.3. The zero-order valence-corrected chi connectivity index (χ0v) is 22.9. The van der Waals surface area contributed by atoms with Crippen molar-refractivity contribution in [3.63, 3.8) is 0 Å². The number of carbonyl (C=O) groups is 2. The largest absolute Gasteiger partial charge is 0.492 e. The minimum absolute atomic E-state index is 0.0136. The molecule has 1 heterocycles. The van der Waals surface area contributed by atoms with Gasteiger partial charge in [-0.15, -0.1) is 0 Å². The van der Waals surface area contributed by atoms with Gasteiger partial charge < -0.3 is 13.7 Å². The van der Waals surface area contributed by atoms with E-state index in [1.807, 2.05) is 31.2 Å². The Hall–Kier alpha value is -3.47. The topological polar surface area (TPSA) is 99.2 Å². The molecule has 3 aromatic carbocycles. The summed E-state index contributed by atoms with van der Waals surface area (Å²) in [7, 11) is -4.14. The van der Waals surface area contributed by atoms with Crippen LogP contribution in [-0.2, 0) is 14.9 Å². The number of benzene rings is 3. The minimum atomic E-state index is -4.14. The maximum atomic E-state index is 12.9. The van der Waals surface area contributed by atoms with Crippen LogP contribution in [0.1, 0.15) is 18.1 Å². The average molecular weight is 574 g/mol. The fourth-order valence-corrected chi connectivity index (χ4v) is 5.45. The number of aryl methyl sites for hydroxylation is 1. The third-order valence-corrected chi connectivity index (χ3v) is 7.72. The van der Waals surface area contributed by atoms with Gasteiger partial charge in [0.1, 0.15) is 17.3 Å². The normalized spacial score (nSPS) is 14.7. The second-order valence-electron chi connectivity index (χ2n) is 8.13. The highest BCUT2D eigenvalue weighted by Gasteiger charge is 2.35. The number of imide groups is 1. The minimum Gasteiger partial charge on any atom is -0.492 e. The van der Waals surface area contributed by atoms with Gasteiger partial charge in [-0.3, -0.25) is 14.5 Å². The van der Waals surface area contributed by atoms with E-state index in [2.05, 4.69) is 0 Å². The molecule has 8 nitrogen and oxygen atoms in total. The van der Waals surface area contributed by atoms with Crippen LogP contribution in [0, 0.1) is 6.92 Å². The van der Waals surface area contributed by atoms with Crippen LogP contribution in [0.25, 0.3) is 6.08 Å². The SMILES string of the molecule is CCOc1cc(/C=C2\SC(=O)N(CCOc3cccc(C)c3)C2=O)ccc1OS(=O)(=O)c1ccc(Cl)cc1. The fraction of sp³-hybridized carbons (Fsp3) is 0.185. The predicted octanol–water partition coefficient (Wildman–Crippen LogP) is 5.93. The third-order valence-electron chi connectivity index (χ3n) is 5.31. The molecule has 0 aliphatic carbocycles. The maximum Gasteiger partial charge on any atom is 0.339 e. The van der Waals surface area contributed by atoms with Gasteiger partial charge >= 0.3 is 10.1 Å². The Morgan fingerprint density at radius 1 is 0.974 bits per heavy atom. The Morgan fingerprint density at radius 3 is 2.45 bits per heavy atom. The van der Waals surface area contributed by atoms with Crippen molar-refractivity contribution in [2.75, 3.05) is 19.8 Å². The molecule has 1 aliphatic heterocycles. The first kappa shape index (κ1) is 27.6. The lowest BCUT2D eigenvalue weighted by Crippen LogP contribution is -2.32. The Labute approximate surface area is 230 Å². The Kier molecular flexibility index (Phi) is 8.65. The summed E-state index contributed by atoms with van der Waals surface area (Å²) in [6.45, 7) is 4.21. The first-order valence-electron chi connectivity index (χ1n) is 11.6. The van der Waals surface area contributed by atoms with Crippen LogP contribution in [0.5, 0.6) is 17.2 Å². The zero-order valence-electron chi connectivity index (χ0n) is 20.5. The van der Waals surface area contributed by atoms with Crippen molar-refractivity contribution >= 4 is 50.7 Å². The van der Waals surface area contributed by atoms with Crippen molar-refractivity contribution in [2.24, 2.45) is 0 Å². The van der Waals surface area contributed by atoms with E-state index >= 15 is 0 Å². The van der Waals surface area contributed by atoms with Gasteiger partial charge in [-0.25, -0.2) is 0 Å². The van der Waals surface area contributed by atoms with Crippen LogP contribution < -0.4 is 13.7 Å². The molecule has 0 aromatic heterocycles. The van der Waals surface area contributed by atoms with E-state index in [1.54, 1.807) is 25.1 Å². The van der Waals surface area contributed by atoms with Crippen molar-refractivity contribution in [1.29, 1.82) is 0 Å². The quantitative estimate of drug-likeness (QED) is 0.217. The van der Waals surface area contributed by atoms with Crippen molar-refractivity contribution in [2.45, 2.75) is 18.7 Å². The van der Waals surface area contributed by atoms with E-state index in [0.717, 1.165) is 22.2 Å². The van der Waals surface area contributed by atoms with Gasteiger partial charge in [0.25, 0.3) is 11.1 Å². The first-order chi connectivity index (χ1) is 18.2. The summed E-state index contributed by atoms with van der Waals surface area (Å²) < 4.78 is 42.0. The number of ether oxygens (including phenoxy) is 2. The standard InChI is InChI=1S/C27H24ClNO7S2/c1-3-34-24-16-19(7-12-23(24)36-38(32,33)22-10-8-20(28)9-11-22)17-25-26(30)29(27(31)37-25)13-14-35-21-6-4-5-18(2)15-21/h4-12,15-17H,3,13-14H2,1-2H3/b25-17-. The van der Waals surface area contributed by atoms with E-state index in [4.69, 9.17) is 25.3 Å². The first-order valence-corrected chi connectivity index (χ1v) is 14.2. The number of hydrogen-bond donors (Lipinski definition) is 0. The van der Waals surface area contributed by atoms with Crippen LogP contribution in [0.2, 0.25) is 5.02 Å². The van der Waals surface area contributed by atoms with Crippen LogP contribution >= 0.6 is 23.4 Å². The number of nitrogens with zero attached hydrogens (tertiary/aromatic N) is 1. The van der Waals surface area contributed by atoms with Crippen molar-refractivity contribution in [1.82, 2.24) is 4.90 Å². The highest BCUT2D eigenvalue weighted by Crippen LogP contribution is 2.35. The van der Waals surface area contributed by atoms with Gasteiger partial charge in [-0.05, 0) is 91.3 Å². The highest BCUT2D eigenvalue weighted by atomic mass is 35.5. The molecule has 1 saturated heterocycles. The van der Waals surface area contributed by atoms with Gasteiger partial charge in [0.05, 0.1) is 18.1 Å². The van der Waals surface area contributed by atoms with Crippen LogP contribution in [0.3, 0.4) is 0 Å². The molecule has 38 heavy (non-hydrogen) atoms. The molecule has 0 N–H and O–H groups in total. The third kappa shape index (κ3) is 6.69. The number of amides is 2. The molecule has 2 amide bonds. The smallest absolute Gasteiger partial charge is 0.339 e. The number of thioether (sulfide) groups is 1. The molecule has 0 atom stereocenters. The van der Waals surface area contributed by atoms with E-state index < -0.39 is 21.3 Å². The molecule has 4 rings (SSSR count). The Balaban J connectivity index is 1.48. The molecule has 198 valence electrons. The molecule has 0 radical (unpaired) electrons. The lowest BCUT2D eigenvalue weighted by atomic mass is 10.2. The molecule has 3 aromatic rings. The predicted molar refractivity (Wildman–Crippen MR) is 146 cm³/mol. The lowest BCUT2D eigenvalue weighted by Gasteiger charge is -2.13.